The van der Waals surface area contributed by atoms with Gasteiger partial charge in [-0.3, -0.25) is 4.99 Å². The van der Waals surface area contributed by atoms with Gasteiger partial charge in [0.1, 0.15) is 34.3 Å². The summed E-state index contributed by atoms with van der Waals surface area (Å²) in [5.74, 6) is 0. The lowest BCUT2D eigenvalue weighted by Gasteiger charge is -2.44. The van der Waals surface area contributed by atoms with Crippen molar-refractivity contribution in [2.75, 3.05) is 6.61 Å². The molecule has 0 saturated carbocycles. The van der Waals surface area contributed by atoms with Gasteiger partial charge in [-0.05, 0) is 6.92 Å². The second kappa shape index (κ2) is 5.13. The number of aliphatic hydroxyl groups excluding tert-OH is 2. The number of rotatable bonds is 2. The maximum absolute atomic E-state index is 10.5. The number of aliphatic imine (C=N–C) groups is 1. The zero-order chi connectivity index (χ0) is 14.3. The Labute approximate surface area is 121 Å². The van der Waals surface area contributed by atoms with E-state index in [-0.39, 0.29) is 12.0 Å². The van der Waals surface area contributed by atoms with Crippen LogP contribution in [0.2, 0.25) is 0 Å². The third kappa shape index (κ3) is 2.17. The van der Waals surface area contributed by atoms with Crippen molar-refractivity contribution < 1.29 is 20.1 Å². The van der Waals surface area contributed by atoms with E-state index in [1.807, 2.05) is 30.3 Å². The van der Waals surface area contributed by atoms with Crippen molar-refractivity contribution in [1.29, 1.82) is 0 Å². The van der Waals surface area contributed by atoms with Gasteiger partial charge in [0.05, 0.1) is 6.61 Å². The third-order valence-corrected chi connectivity index (χ3v) is 4.97. The molecule has 0 aliphatic carbocycles. The summed E-state index contributed by atoms with van der Waals surface area (Å²) in [4.78, 5) is 4.52. The Bertz CT molecular complexity index is 519. The lowest BCUT2D eigenvalue weighted by atomic mass is 9.85. The highest BCUT2D eigenvalue weighted by Gasteiger charge is 2.55. The Morgan fingerprint density at radius 1 is 1.35 bits per heavy atom. The molecule has 2 aliphatic rings. The average Bonchev–Trinajstić information content (AvgIpc) is 2.89. The van der Waals surface area contributed by atoms with Gasteiger partial charge in [0.15, 0.2) is 0 Å². The predicted octanol–water partition coefficient (Wildman–Crippen LogP) is 0.378. The highest BCUT2D eigenvalue weighted by molar-refractivity contribution is 8.15. The molecule has 6 heteroatoms. The van der Waals surface area contributed by atoms with Crippen LogP contribution < -0.4 is 0 Å². The Morgan fingerprint density at radius 3 is 2.70 bits per heavy atom. The molecule has 0 aromatic heterocycles. The zero-order valence-corrected chi connectivity index (χ0v) is 11.8. The molecular formula is C14H17NO4S. The Kier molecular flexibility index (Phi) is 3.60. The second-order valence-corrected chi connectivity index (χ2v) is 6.35. The fourth-order valence-electron chi connectivity index (χ4n) is 2.56. The molecule has 0 amide bonds. The normalized spacial score (nSPS) is 40.3. The minimum Gasteiger partial charge on any atom is -0.394 e. The fourth-order valence-corrected chi connectivity index (χ4v) is 3.89. The van der Waals surface area contributed by atoms with E-state index in [2.05, 4.69) is 4.99 Å². The summed E-state index contributed by atoms with van der Waals surface area (Å²) in [6.45, 7) is 1.21. The largest absolute Gasteiger partial charge is 0.394 e. The Hall–Kier alpha value is -0.920. The van der Waals surface area contributed by atoms with Gasteiger partial charge in [0, 0.05) is 5.56 Å². The molecule has 5 nitrogen and oxygen atoms in total. The SMILES string of the molecule is C[C@]1(O)C2N=C(c3ccccc3)SC2O[C@H](CO)[C@H]1O. The topological polar surface area (TPSA) is 82.3 Å². The van der Waals surface area contributed by atoms with Crippen LogP contribution in [0.3, 0.4) is 0 Å². The fraction of sp³-hybridized carbons (Fsp3) is 0.500. The van der Waals surface area contributed by atoms with E-state index < -0.39 is 23.9 Å². The first-order valence-corrected chi connectivity index (χ1v) is 7.38. The molecule has 0 radical (unpaired) electrons. The summed E-state index contributed by atoms with van der Waals surface area (Å²) in [5.41, 5.74) is -0.845. The van der Waals surface area contributed by atoms with E-state index in [0.717, 1.165) is 10.6 Å². The number of benzene rings is 1. The minimum atomic E-state index is -1.42. The molecule has 5 atom stereocenters. The standard InChI is InChI=1S/C14H17NO4S/c1-14(18)10-13(19-9(7-16)11(14)17)20-12(15-10)8-5-3-2-4-6-8/h2-6,9-11,13,16-18H,7H2,1H3/t9-,10?,11-,13?,14+/m1/s1. The van der Waals surface area contributed by atoms with Crippen molar-refractivity contribution in [3.63, 3.8) is 0 Å². The highest BCUT2D eigenvalue weighted by Crippen LogP contribution is 2.42. The molecular weight excluding hydrogens is 278 g/mol. The molecule has 2 heterocycles. The van der Waals surface area contributed by atoms with Gasteiger partial charge in [-0.2, -0.15) is 0 Å². The lowest BCUT2D eigenvalue weighted by Crippen LogP contribution is -2.63. The molecule has 0 bridgehead atoms. The van der Waals surface area contributed by atoms with Crippen LogP contribution in [0.15, 0.2) is 35.3 Å². The van der Waals surface area contributed by atoms with Crippen molar-refractivity contribution >= 4 is 16.8 Å². The predicted molar refractivity (Wildman–Crippen MR) is 76.7 cm³/mol. The first-order chi connectivity index (χ1) is 9.54. The van der Waals surface area contributed by atoms with Crippen LogP contribution in [0.4, 0.5) is 0 Å². The summed E-state index contributed by atoms with van der Waals surface area (Å²) in [6.07, 6.45) is -1.95. The quantitative estimate of drug-likeness (QED) is 0.735. The highest BCUT2D eigenvalue weighted by atomic mass is 32.2. The molecule has 3 N–H and O–H groups in total. The summed E-state index contributed by atoms with van der Waals surface area (Å²) in [7, 11) is 0. The van der Waals surface area contributed by atoms with E-state index in [1.54, 1.807) is 6.92 Å². The van der Waals surface area contributed by atoms with Gasteiger partial charge in [-0.25, -0.2) is 0 Å². The molecule has 20 heavy (non-hydrogen) atoms. The number of aliphatic hydroxyl groups is 3. The lowest BCUT2D eigenvalue weighted by molar-refractivity contribution is -0.206. The van der Waals surface area contributed by atoms with E-state index in [9.17, 15) is 15.3 Å². The first kappa shape index (κ1) is 14.0. The second-order valence-electron chi connectivity index (χ2n) is 5.26. The minimum absolute atomic E-state index is 0.332. The summed E-state index contributed by atoms with van der Waals surface area (Å²) < 4.78 is 5.65. The van der Waals surface area contributed by atoms with Crippen molar-refractivity contribution in [2.45, 2.75) is 36.2 Å². The van der Waals surface area contributed by atoms with Crippen molar-refractivity contribution in [3.05, 3.63) is 35.9 Å². The van der Waals surface area contributed by atoms with E-state index in [0.29, 0.717) is 0 Å². The number of hydrogen-bond donors (Lipinski definition) is 3. The van der Waals surface area contributed by atoms with Crippen LogP contribution in [0.5, 0.6) is 0 Å². The maximum Gasteiger partial charge on any atom is 0.135 e. The molecule has 2 unspecified atom stereocenters. The molecule has 0 spiro atoms. The molecule has 1 aromatic carbocycles. The van der Waals surface area contributed by atoms with Crippen molar-refractivity contribution in [3.8, 4) is 0 Å². The summed E-state index contributed by atoms with van der Waals surface area (Å²) >= 11 is 1.42. The van der Waals surface area contributed by atoms with Crippen LogP contribution in [0.1, 0.15) is 12.5 Å². The van der Waals surface area contributed by atoms with E-state index in [4.69, 9.17) is 4.74 Å². The van der Waals surface area contributed by atoms with Gasteiger partial charge in [0.2, 0.25) is 0 Å². The van der Waals surface area contributed by atoms with Gasteiger partial charge in [0.25, 0.3) is 0 Å². The van der Waals surface area contributed by atoms with Gasteiger partial charge in [-0.15, -0.1) is 0 Å². The molecule has 2 aliphatic heterocycles. The number of ether oxygens (including phenoxy) is 1. The van der Waals surface area contributed by atoms with Gasteiger partial charge < -0.3 is 20.1 Å². The third-order valence-electron chi connectivity index (χ3n) is 3.80. The number of thioether (sulfide) groups is 1. The summed E-state index contributed by atoms with van der Waals surface area (Å²) in [6, 6.07) is 9.11. The molecule has 108 valence electrons. The Morgan fingerprint density at radius 2 is 2.05 bits per heavy atom. The molecule has 1 aromatic rings. The molecule has 1 fully saturated rings. The maximum atomic E-state index is 10.5. The van der Waals surface area contributed by atoms with Crippen molar-refractivity contribution in [2.24, 2.45) is 4.99 Å². The number of nitrogens with zero attached hydrogens (tertiary/aromatic N) is 1. The van der Waals surface area contributed by atoms with Crippen LogP contribution in [0, 0.1) is 0 Å². The van der Waals surface area contributed by atoms with Crippen LogP contribution >= 0.6 is 11.8 Å². The zero-order valence-electron chi connectivity index (χ0n) is 11.0. The summed E-state index contributed by atoms with van der Waals surface area (Å²) in [5, 5.41) is 30.6. The molecule has 3 rings (SSSR count). The molecule has 1 saturated heterocycles. The van der Waals surface area contributed by atoms with Crippen LogP contribution in [-0.2, 0) is 4.74 Å². The van der Waals surface area contributed by atoms with E-state index >= 15 is 0 Å². The van der Waals surface area contributed by atoms with Gasteiger partial charge >= 0.3 is 0 Å². The number of fused-ring (bicyclic) bond motifs is 1. The van der Waals surface area contributed by atoms with Gasteiger partial charge in [-0.1, -0.05) is 42.1 Å². The number of hydrogen-bond acceptors (Lipinski definition) is 6. The first-order valence-electron chi connectivity index (χ1n) is 6.50. The smallest absolute Gasteiger partial charge is 0.135 e. The van der Waals surface area contributed by atoms with E-state index in [1.165, 1.54) is 11.8 Å². The van der Waals surface area contributed by atoms with Crippen LogP contribution in [-0.4, -0.2) is 56.3 Å². The van der Waals surface area contributed by atoms with Crippen molar-refractivity contribution in [1.82, 2.24) is 0 Å². The monoisotopic (exact) mass is 295 g/mol. The Balaban J connectivity index is 1.91. The van der Waals surface area contributed by atoms with Crippen LogP contribution in [0.25, 0.3) is 0 Å². The average molecular weight is 295 g/mol.